The van der Waals surface area contributed by atoms with Crippen LogP contribution in [-0.2, 0) is 4.74 Å². The third kappa shape index (κ3) is 3.23. The third-order valence-electron chi connectivity index (χ3n) is 2.10. The molecule has 1 rings (SSSR count). The van der Waals surface area contributed by atoms with E-state index in [1.165, 1.54) is 6.33 Å². The Hall–Kier alpha value is -1.56. The van der Waals surface area contributed by atoms with Crippen LogP contribution < -0.4 is 11.1 Å². The standard InChI is InChI=1S/C10H18N4O2/c1-4-16-10(2,3)5-12-9-7(8(11)15)13-6-14-9/h6,12H,4-5H2,1-3H3,(H2,11,15)(H,13,14). The monoisotopic (exact) mass is 226 g/mol. The van der Waals surface area contributed by atoms with E-state index in [-0.39, 0.29) is 11.3 Å². The van der Waals surface area contributed by atoms with Gasteiger partial charge in [0.1, 0.15) is 5.69 Å². The number of amides is 1. The number of hydrogen-bond acceptors (Lipinski definition) is 4. The summed E-state index contributed by atoms with van der Waals surface area (Å²) in [4.78, 5) is 17.7. The van der Waals surface area contributed by atoms with Crippen LogP contribution in [0.4, 0.5) is 5.82 Å². The molecule has 0 saturated heterocycles. The number of carbonyl (C=O) groups is 1. The molecule has 0 spiro atoms. The lowest BCUT2D eigenvalue weighted by Crippen LogP contribution is -2.34. The second-order valence-electron chi connectivity index (χ2n) is 4.04. The third-order valence-corrected chi connectivity index (χ3v) is 2.10. The minimum absolute atomic E-state index is 0.285. The molecule has 1 heterocycles. The molecule has 0 unspecified atom stereocenters. The highest BCUT2D eigenvalue weighted by Crippen LogP contribution is 2.13. The molecule has 0 bridgehead atoms. The van der Waals surface area contributed by atoms with Crippen LogP contribution in [-0.4, -0.2) is 34.6 Å². The lowest BCUT2D eigenvalue weighted by Gasteiger charge is -2.24. The van der Waals surface area contributed by atoms with Gasteiger partial charge in [-0.05, 0) is 20.8 Å². The molecule has 0 fully saturated rings. The van der Waals surface area contributed by atoms with E-state index in [4.69, 9.17) is 10.5 Å². The molecular formula is C10H18N4O2. The van der Waals surface area contributed by atoms with Crippen LogP contribution in [0.3, 0.4) is 0 Å². The van der Waals surface area contributed by atoms with E-state index in [1.54, 1.807) is 0 Å². The molecule has 1 aromatic heterocycles. The number of ether oxygens (including phenoxy) is 1. The number of aromatic nitrogens is 2. The van der Waals surface area contributed by atoms with Gasteiger partial charge >= 0.3 is 0 Å². The maximum Gasteiger partial charge on any atom is 0.269 e. The molecule has 0 aliphatic heterocycles. The SMILES string of the molecule is CCOC(C)(C)CNc1nc[nH]c1C(N)=O. The van der Waals surface area contributed by atoms with Gasteiger partial charge in [-0.3, -0.25) is 4.79 Å². The summed E-state index contributed by atoms with van der Waals surface area (Å²) in [6, 6.07) is 0. The molecule has 0 saturated carbocycles. The van der Waals surface area contributed by atoms with Crippen molar-refractivity contribution in [1.82, 2.24) is 9.97 Å². The van der Waals surface area contributed by atoms with Crippen molar-refractivity contribution >= 4 is 11.7 Å². The average Bonchev–Trinajstić information content (AvgIpc) is 2.62. The predicted molar refractivity (Wildman–Crippen MR) is 61.3 cm³/mol. The Labute approximate surface area is 94.6 Å². The van der Waals surface area contributed by atoms with Crippen molar-refractivity contribution in [3.8, 4) is 0 Å². The van der Waals surface area contributed by atoms with Crippen molar-refractivity contribution in [3.05, 3.63) is 12.0 Å². The zero-order chi connectivity index (χ0) is 12.2. The van der Waals surface area contributed by atoms with Crippen molar-refractivity contribution in [2.75, 3.05) is 18.5 Å². The molecule has 6 nitrogen and oxygen atoms in total. The lowest BCUT2D eigenvalue weighted by atomic mass is 10.1. The number of nitrogens with zero attached hydrogens (tertiary/aromatic N) is 1. The average molecular weight is 226 g/mol. The van der Waals surface area contributed by atoms with E-state index in [0.29, 0.717) is 19.0 Å². The number of nitrogens with two attached hydrogens (primary N) is 1. The molecule has 0 aliphatic carbocycles. The molecule has 90 valence electrons. The van der Waals surface area contributed by atoms with Gasteiger partial charge in [0.05, 0.1) is 11.9 Å². The second kappa shape index (κ2) is 4.98. The first kappa shape index (κ1) is 12.5. The Bertz CT molecular complexity index is 359. The zero-order valence-electron chi connectivity index (χ0n) is 9.83. The van der Waals surface area contributed by atoms with Gasteiger partial charge in [-0.1, -0.05) is 0 Å². The number of carbonyl (C=O) groups excluding carboxylic acids is 1. The normalized spacial score (nSPS) is 11.4. The van der Waals surface area contributed by atoms with Gasteiger partial charge in [0.15, 0.2) is 5.82 Å². The maximum absolute atomic E-state index is 11.0. The summed E-state index contributed by atoms with van der Waals surface area (Å²) in [6.07, 6.45) is 1.43. The van der Waals surface area contributed by atoms with Gasteiger partial charge in [0.25, 0.3) is 5.91 Å². The maximum atomic E-state index is 11.0. The molecule has 4 N–H and O–H groups in total. The minimum atomic E-state index is -0.533. The molecule has 16 heavy (non-hydrogen) atoms. The highest BCUT2D eigenvalue weighted by Gasteiger charge is 2.19. The fourth-order valence-corrected chi connectivity index (χ4v) is 1.35. The van der Waals surface area contributed by atoms with E-state index in [1.807, 2.05) is 20.8 Å². The van der Waals surface area contributed by atoms with Crippen molar-refractivity contribution in [1.29, 1.82) is 0 Å². The number of rotatable bonds is 6. The second-order valence-corrected chi connectivity index (χ2v) is 4.04. The number of aromatic amines is 1. The van der Waals surface area contributed by atoms with E-state index < -0.39 is 5.91 Å². The number of anilines is 1. The van der Waals surface area contributed by atoms with E-state index in [2.05, 4.69) is 15.3 Å². The number of primary amides is 1. The van der Waals surface area contributed by atoms with Crippen LogP contribution >= 0.6 is 0 Å². The van der Waals surface area contributed by atoms with Crippen LogP contribution in [0, 0.1) is 0 Å². The number of H-pyrrole nitrogens is 1. The van der Waals surface area contributed by atoms with Crippen LogP contribution in [0.15, 0.2) is 6.33 Å². The fraction of sp³-hybridized carbons (Fsp3) is 0.600. The van der Waals surface area contributed by atoms with Crippen molar-refractivity contribution in [2.45, 2.75) is 26.4 Å². The van der Waals surface area contributed by atoms with Crippen molar-refractivity contribution < 1.29 is 9.53 Å². The largest absolute Gasteiger partial charge is 0.374 e. The highest BCUT2D eigenvalue weighted by atomic mass is 16.5. The molecule has 0 radical (unpaired) electrons. The Morgan fingerprint density at radius 2 is 2.38 bits per heavy atom. The van der Waals surface area contributed by atoms with E-state index >= 15 is 0 Å². The molecule has 0 aliphatic rings. The number of hydrogen-bond donors (Lipinski definition) is 3. The van der Waals surface area contributed by atoms with Gasteiger partial charge in [-0.25, -0.2) is 4.98 Å². The Kier molecular flexibility index (Phi) is 3.89. The first-order chi connectivity index (χ1) is 7.46. The van der Waals surface area contributed by atoms with Gasteiger partial charge in [0, 0.05) is 13.2 Å². The first-order valence-corrected chi connectivity index (χ1v) is 5.17. The molecule has 1 aromatic rings. The van der Waals surface area contributed by atoms with Gasteiger partial charge in [-0.2, -0.15) is 0 Å². The minimum Gasteiger partial charge on any atom is -0.374 e. The smallest absolute Gasteiger partial charge is 0.269 e. The van der Waals surface area contributed by atoms with Crippen molar-refractivity contribution in [3.63, 3.8) is 0 Å². The summed E-state index contributed by atoms with van der Waals surface area (Å²) in [5.41, 5.74) is 5.14. The van der Waals surface area contributed by atoms with Crippen LogP contribution in [0.25, 0.3) is 0 Å². The van der Waals surface area contributed by atoms with Crippen LogP contribution in [0.2, 0.25) is 0 Å². The predicted octanol–water partition coefficient (Wildman–Crippen LogP) is 0.736. The summed E-state index contributed by atoms with van der Waals surface area (Å²) in [7, 11) is 0. The fourth-order valence-electron chi connectivity index (χ4n) is 1.35. The highest BCUT2D eigenvalue weighted by molar-refractivity contribution is 5.95. The molecular weight excluding hydrogens is 208 g/mol. The van der Waals surface area contributed by atoms with Gasteiger partial charge < -0.3 is 20.8 Å². The summed E-state index contributed by atoms with van der Waals surface area (Å²) in [6.45, 7) is 7.04. The van der Waals surface area contributed by atoms with Crippen LogP contribution in [0.5, 0.6) is 0 Å². The van der Waals surface area contributed by atoms with E-state index in [0.717, 1.165) is 0 Å². The topological polar surface area (TPSA) is 93.0 Å². The molecule has 6 heteroatoms. The summed E-state index contributed by atoms with van der Waals surface area (Å²) in [5, 5.41) is 3.03. The van der Waals surface area contributed by atoms with Gasteiger partial charge in [-0.15, -0.1) is 0 Å². The molecule has 1 amide bonds. The first-order valence-electron chi connectivity index (χ1n) is 5.17. The molecule has 0 atom stereocenters. The number of imidazole rings is 1. The quantitative estimate of drug-likeness (QED) is 0.666. The Morgan fingerprint density at radius 1 is 1.69 bits per heavy atom. The Morgan fingerprint density at radius 3 is 2.94 bits per heavy atom. The van der Waals surface area contributed by atoms with Gasteiger partial charge in [0.2, 0.25) is 0 Å². The van der Waals surface area contributed by atoms with E-state index in [9.17, 15) is 4.79 Å². The summed E-state index contributed by atoms with van der Waals surface area (Å²) < 4.78 is 5.51. The number of nitrogens with one attached hydrogen (secondary N) is 2. The van der Waals surface area contributed by atoms with Crippen molar-refractivity contribution in [2.24, 2.45) is 5.73 Å². The molecule has 0 aromatic carbocycles. The lowest BCUT2D eigenvalue weighted by molar-refractivity contribution is 0.000628. The summed E-state index contributed by atoms with van der Waals surface area (Å²) >= 11 is 0. The van der Waals surface area contributed by atoms with Crippen LogP contribution in [0.1, 0.15) is 31.3 Å². The zero-order valence-corrected chi connectivity index (χ0v) is 9.83. The Balaban J connectivity index is 2.61. The summed E-state index contributed by atoms with van der Waals surface area (Å²) in [5.74, 6) is -0.0745.